The lowest BCUT2D eigenvalue weighted by Crippen LogP contribution is -2.00. The van der Waals surface area contributed by atoms with Gasteiger partial charge in [-0.25, -0.2) is 19.2 Å². The number of benzene rings is 1. The Morgan fingerprint density at radius 2 is 1.84 bits per heavy atom. The Hall–Kier alpha value is -1.95. The molecule has 98 valence electrons. The minimum Gasteiger partial charge on any atom is -0.478 e. The summed E-state index contributed by atoms with van der Waals surface area (Å²) in [6, 6.07) is 5.77. The van der Waals surface area contributed by atoms with E-state index in [1.54, 1.807) is 0 Å². The average molecular weight is 278 g/mol. The smallest absolute Gasteiger partial charge is 0.338 e. The SMILES string of the molecule is Cc1cc(C)nc(Sc2ccc(F)c(C(=O)O)c2)n1. The summed E-state index contributed by atoms with van der Waals surface area (Å²) in [6.07, 6.45) is 0. The van der Waals surface area contributed by atoms with Gasteiger partial charge in [0.05, 0.1) is 5.56 Å². The Labute approximate surface area is 113 Å². The van der Waals surface area contributed by atoms with Crippen molar-refractivity contribution in [3.63, 3.8) is 0 Å². The first-order valence-corrected chi connectivity index (χ1v) is 6.30. The van der Waals surface area contributed by atoms with Gasteiger partial charge in [0.25, 0.3) is 0 Å². The van der Waals surface area contributed by atoms with Gasteiger partial charge in [0, 0.05) is 16.3 Å². The van der Waals surface area contributed by atoms with Gasteiger partial charge >= 0.3 is 5.97 Å². The molecule has 2 aromatic rings. The van der Waals surface area contributed by atoms with Gasteiger partial charge < -0.3 is 5.11 Å². The molecule has 2 rings (SSSR count). The molecule has 0 fully saturated rings. The highest BCUT2D eigenvalue weighted by molar-refractivity contribution is 7.99. The van der Waals surface area contributed by atoms with Gasteiger partial charge in [-0.1, -0.05) is 0 Å². The van der Waals surface area contributed by atoms with E-state index in [0.29, 0.717) is 10.1 Å². The van der Waals surface area contributed by atoms with Crippen LogP contribution < -0.4 is 0 Å². The normalized spacial score (nSPS) is 10.5. The number of aromatic carboxylic acids is 1. The molecule has 0 aliphatic rings. The fourth-order valence-corrected chi connectivity index (χ4v) is 2.48. The molecule has 0 amide bonds. The Morgan fingerprint density at radius 3 is 2.42 bits per heavy atom. The molecule has 0 radical (unpaired) electrons. The Balaban J connectivity index is 2.33. The molecule has 19 heavy (non-hydrogen) atoms. The topological polar surface area (TPSA) is 63.1 Å². The van der Waals surface area contributed by atoms with E-state index in [0.717, 1.165) is 17.5 Å². The van der Waals surface area contributed by atoms with Crippen LogP contribution in [-0.4, -0.2) is 21.0 Å². The summed E-state index contributed by atoms with van der Waals surface area (Å²) in [5, 5.41) is 9.38. The Bertz CT molecular complexity index is 626. The first-order valence-electron chi connectivity index (χ1n) is 5.48. The highest BCUT2D eigenvalue weighted by Gasteiger charge is 2.12. The molecule has 0 aliphatic carbocycles. The number of aryl methyl sites for hydroxylation is 2. The lowest BCUT2D eigenvalue weighted by Gasteiger charge is -2.04. The molecule has 1 N–H and O–H groups in total. The van der Waals surface area contributed by atoms with E-state index in [9.17, 15) is 9.18 Å². The molecule has 0 saturated carbocycles. The second-order valence-electron chi connectivity index (χ2n) is 3.98. The molecule has 4 nitrogen and oxygen atoms in total. The number of carboxylic acid groups (broad SMARTS) is 1. The molecule has 1 heterocycles. The predicted molar refractivity (Wildman–Crippen MR) is 69.0 cm³/mol. The van der Waals surface area contributed by atoms with Crippen molar-refractivity contribution in [2.45, 2.75) is 23.9 Å². The first-order chi connectivity index (χ1) is 8.95. The van der Waals surface area contributed by atoms with Crippen LogP contribution in [0, 0.1) is 19.7 Å². The quantitative estimate of drug-likeness (QED) is 0.874. The summed E-state index contributed by atoms with van der Waals surface area (Å²) in [5.41, 5.74) is 1.31. The van der Waals surface area contributed by atoms with Crippen LogP contribution in [0.1, 0.15) is 21.7 Å². The van der Waals surface area contributed by atoms with Crippen molar-refractivity contribution in [3.8, 4) is 0 Å². The molecule has 0 aliphatic heterocycles. The zero-order valence-corrected chi connectivity index (χ0v) is 11.2. The second-order valence-corrected chi connectivity index (χ2v) is 5.02. The van der Waals surface area contributed by atoms with Crippen molar-refractivity contribution in [3.05, 3.63) is 47.0 Å². The van der Waals surface area contributed by atoms with E-state index in [-0.39, 0.29) is 5.56 Å². The van der Waals surface area contributed by atoms with Gasteiger partial charge in [-0.05, 0) is 49.9 Å². The summed E-state index contributed by atoms with van der Waals surface area (Å²) < 4.78 is 13.3. The van der Waals surface area contributed by atoms with Crippen molar-refractivity contribution in [2.75, 3.05) is 0 Å². The van der Waals surface area contributed by atoms with Crippen LogP contribution in [0.15, 0.2) is 34.3 Å². The second kappa shape index (κ2) is 5.36. The molecule has 6 heteroatoms. The number of hydrogen-bond donors (Lipinski definition) is 1. The summed E-state index contributed by atoms with van der Waals surface area (Å²) in [5.74, 6) is -2.04. The third kappa shape index (κ3) is 3.29. The number of halogens is 1. The molecule has 0 atom stereocenters. The fourth-order valence-electron chi connectivity index (χ4n) is 1.58. The zero-order chi connectivity index (χ0) is 14.0. The van der Waals surface area contributed by atoms with E-state index in [1.165, 1.54) is 23.9 Å². The van der Waals surface area contributed by atoms with Gasteiger partial charge in [-0.2, -0.15) is 0 Å². The van der Waals surface area contributed by atoms with Crippen molar-refractivity contribution >= 4 is 17.7 Å². The fraction of sp³-hybridized carbons (Fsp3) is 0.154. The van der Waals surface area contributed by atoms with Gasteiger partial charge in [-0.3, -0.25) is 0 Å². The van der Waals surface area contributed by atoms with Crippen LogP contribution in [0.25, 0.3) is 0 Å². The number of rotatable bonds is 3. The highest BCUT2D eigenvalue weighted by Crippen LogP contribution is 2.26. The molecule has 0 bridgehead atoms. The summed E-state index contributed by atoms with van der Waals surface area (Å²) in [7, 11) is 0. The first kappa shape index (κ1) is 13.5. The van der Waals surface area contributed by atoms with E-state index < -0.39 is 11.8 Å². The predicted octanol–water partition coefficient (Wildman–Crippen LogP) is 3.08. The number of aromatic nitrogens is 2. The lowest BCUT2D eigenvalue weighted by atomic mass is 10.2. The van der Waals surface area contributed by atoms with Crippen LogP contribution >= 0.6 is 11.8 Å². The largest absolute Gasteiger partial charge is 0.478 e. The number of hydrogen-bond acceptors (Lipinski definition) is 4. The Morgan fingerprint density at radius 1 is 1.21 bits per heavy atom. The molecule has 1 aromatic carbocycles. The van der Waals surface area contributed by atoms with Crippen LogP contribution in [0.5, 0.6) is 0 Å². The Kier molecular flexibility index (Phi) is 3.80. The van der Waals surface area contributed by atoms with Gasteiger partial charge in [-0.15, -0.1) is 0 Å². The van der Waals surface area contributed by atoms with E-state index >= 15 is 0 Å². The van der Waals surface area contributed by atoms with Crippen molar-refractivity contribution in [1.82, 2.24) is 9.97 Å². The maximum atomic E-state index is 13.3. The highest BCUT2D eigenvalue weighted by atomic mass is 32.2. The summed E-state index contributed by atoms with van der Waals surface area (Å²) in [4.78, 5) is 19.9. The van der Waals surface area contributed by atoms with Crippen molar-refractivity contribution < 1.29 is 14.3 Å². The minimum absolute atomic E-state index is 0.352. The van der Waals surface area contributed by atoms with Crippen LogP contribution in [0.2, 0.25) is 0 Å². The monoisotopic (exact) mass is 278 g/mol. The minimum atomic E-state index is -1.29. The number of carbonyl (C=O) groups is 1. The average Bonchev–Trinajstić information content (AvgIpc) is 2.30. The number of carboxylic acids is 1. The van der Waals surface area contributed by atoms with Gasteiger partial charge in [0.15, 0.2) is 5.16 Å². The van der Waals surface area contributed by atoms with Crippen molar-refractivity contribution in [1.29, 1.82) is 0 Å². The summed E-state index contributed by atoms with van der Waals surface area (Å²) >= 11 is 1.20. The zero-order valence-electron chi connectivity index (χ0n) is 10.3. The maximum Gasteiger partial charge on any atom is 0.338 e. The van der Waals surface area contributed by atoms with Crippen LogP contribution in [-0.2, 0) is 0 Å². The summed E-state index contributed by atoms with van der Waals surface area (Å²) in [6.45, 7) is 3.71. The van der Waals surface area contributed by atoms with Crippen molar-refractivity contribution in [2.24, 2.45) is 0 Å². The van der Waals surface area contributed by atoms with Crippen LogP contribution in [0.4, 0.5) is 4.39 Å². The molecule has 1 aromatic heterocycles. The third-order valence-electron chi connectivity index (χ3n) is 2.34. The van der Waals surface area contributed by atoms with Gasteiger partial charge in [0.2, 0.25) is 0 Å². The van der Waals surface area contributed by atoms with E-state index in [4.69, 9.17) is 5.11 Å². The molecule has 0 spiro atoms. The standard InChI is InChI=1S/C13H11FN2O2S/c1-7-5-8(2)16-13(15-7)19-9-3-4-11(14)10(6-9)12(17)18/h3-6H,1-2H3,(H,17,18). The molecule has 0 saturated heterocycles. The number of nitrogens with zero attached hydrogens (tertiary/aromatic N) is 2. The lowest BCUT2D eigenvalue weighted by molar-refractivity contribution is 0.0691. The van der Waals surface area contributed by atoms with E-state index in [1.807, 2.05) is 19.9 Å². The van der Waals surface area contributed by atoms with E-state index in [2.05, 4.69) is 9.97 Å². The molecular formula is C13H11FN2O2S. The van der Waals surface area contributed by atoms with Crippen LogP contribution in [0.3, 0.4) is 0 Å². The van der Waals surface area contributed by atoms with Gasteiger partial charge in [0.1, 0.15) is 5.82 Å². The molecule has 0 unspecified atom stereocenters. The maximum absolute atomic E-state index is 13.3. The molecular weight excluding hydrogens is 267 g/mol. The third-order valence-corrected chi connectivity index (χ3v) is 3.19.